The molecule has 0 amide bonds. The molecule has 0 aliphatic rings. The van der Waals surface area contributed by atoms with Gasteiger partial charge in [-0.3, -0.25) is 0 Å². The van der Waals surface area contributed by atoms with E-state index in [1.807, 2.05) is 6.07 Å². The molecular weight excluding hydrogens is 346 g/mol. The van der Waals surface area contributed by atoms with Crippen molar-refractivity contribution in [3.8, 4) is 0 Å². The number of halogens is 2. The van der Waals surface area contributed by atoms with E-state index in [0.717, 1.165) is 35.3 Å². The van der Waals surface area contributed by atoms with Crippen LogP contribution in [0.25, 0.3) is 0 Å². The lowest BCUT2D eigenvalue weighted by Gasteiger charge is -2.18. The summed E-state index contributed by atoms with van der Waals surface area (Å²) in [6.07, 6.45) is 3.25. The van der Waals surface area contributed by atoms with E-state index in [1.54, 1.807) is 0 Å². The van der Waals surface area contributed by atoms with Gasteiger partial charge in [0.15, 0.2) is 0 Å². The molecule has 0 aromatic heterocycles. The molecule has 0 radical (unpaired) electrons. The van der Waals surface area contributed by atoms with Crippen molar-refractivity contribution in [1.29, 1.82) is 0 Å². The zero-order chi connectivity index (χ0) is 15.1. The first kappa shape index (κ1) is 16.5. The fourth-order valence-corrected chi connectivity index (χ4v) is 3.31. The van der Waals surface area contributed by atoms with Gasteiger partial charge in [-0.1, -0.05) is 70.9 Å². The summed E-state index contributed by atoms with van der Waals surface area (Å²) >= 11 is 9.72. The SMILES string of the molecule is CCNC(CCCc1ccc(Br)cc1Cl)c1ccccc1. The summed E-state index contributed by atoms with van der Waals surface area (Å²) in [6, 6.07) is 17.2. The molecule has 1 atom stereocenters. The maximum Gasteiger partial charge on any atom is 0.0449 e. The Hall–Kier alpha value is -0.830. The van der Waals surface area contributed by atoms with E-state index < -0.39 is 0 Å². The molecule has 0 saturated heterocycles. The van der Waals surface area contributed by atoms with Crippen LogP contribution in [0.3, 0.4) is 0 Å². The fraction of sp³-hybridized carbons (Fsp3) is 0.333. The zero-order valence-electron chi connectivity index (χ0n) is 12.3. The lowest BCUT2D eigenvalue weighted by molar-refractivity contribution is 0.498. The Morgan fingerprint density at radius 2 is 1.90 bits per heavy atom. The molecule has 0 saturated carbocycles. The minimum atomic E-state index is 0.422. The maximum atomic E-state index is 6.28. The Balaban J connectivity index is 1.93. The highest BCUT2D eigenvalue weighted by Gasteiger charge is 2.10. The second-order valence-electron chi connectivity index (χ2n) is 5.15. The molecular formula is C18H21BrClN. The van der Waals surface area contributed by atoms with Crippen LogP contribution in [0.4, 0.5) is 0 Å². The van der Waals surface area contributed by atoms with Crippen molar-refractivity contribution < 1.29 is 0 Å². The third-order valence-corrected chi connectivity index (χ3v) is 4.45. The predicted octanol–water partition coefficient (Wildman–Crippen LogP) is 5.78. The van der Waals surface area contributed by atoms with Gasteiger partial charge in [-0.25, -0.2) is 0 Å². The van der Waals surface area contributed by atoms with E-state index >= 15 is 0 Å². The summed E-state index contributed by atoms with van der Waals surface area (Å²) < 4.78 is 1.03. The minimum Gasteiger partial charge on any atom is -0.310 e. The van der Waals surface area contributed by atoms with Crippen LogP contribution in [0.15, 0.2) is 53.0 Å². The highest BCUT2D eigenvalue weighted by atomic mass is 79.9. The van der Waals surface area contributed by atoms with E-state index in [-0.39, 0.29) is 0 Å². The van der Waals surface area contributed by atoms with E-state index in [4.69, 9.17) is 11.6 Å². The van der Waals surface area contributed by atoms with Gasteiger partial charge >= 0.3 is 0 Å². The van der Waals surface area contributed by atoms with Crippen LogP contribution >= 0.6 is 27.5 Å². The van der Waals surface area contributed by atoms with Crippen LogP contribution in [0.5, 0.6) is 0 Å². The zero-order valence-corrected chi connectivity index (χ0v) is 14.6. The summed E-state index contributed by atoms with van der Waals surface area (Å²) in [5.41, 5.74) is 2.59. The molecule has 2 aromatic carbocycles. The van der Waals surface area contributed by atoms with Crippen molar-refractivity contribution in [3.05, 3.63) is 69.2 Å². The Morgan fingerprint density at radius 3 is 2.57 bits per heavy atom. The van der Waals surface area contributed by atoms with E-state index in [9.17, 15) is 0 Å². The van der Waals surface area contributed by atoms with Gasteiger partial charge in [0.2, 0.25) is 0 Å². The summed E-state index contributed by atoms with van der Waals surface area (Å²) in [5, 5.41) is 4.42. The molecule has 2 aromatic rings. The number of rotatable bonds is 7. The summed E-state index contributed by atoms with van der Waals surface area (Å²) in [5.74, 6) is 0. The number of hydrogen-bond acceptors (Lipinski definition) is 1. The van der Waals surface area contributed by atoms with Crippen molar-refractivity contribution in [3.63, 3.8) is 0 Å². The third-order valence-electron chi connectivity index (χ3n) is 3.61. The molecule has 1 N–H and O–H groups in total. The second kappa shape index (κ2) is 8.57. The second-order valence-corrected chi connectivity index (χ2v) is 6.47. The predicted molar refractivity (Wildman–Crippen MR) is 94.9 cm³/mol. The largest absolute Gasteiger partial charge is 0.310 e. The standard InChI is InChI=1S/C18H21BrClN/c1-2-21-18(15-7-4-3-5-8-15)10-6-9-14-11-12-16(19)13-17(14)20/h3-5,7-8,11-13,18,21H,2,6,9-10H2,1H3. The van der Waals surface area contributed by atoms with Crippen molar-refractivity contribution >= 4 is 27.5 Å². The van der Waals surface area contributed by atoms with Crippen LogP contribution < -0.4 is 5.32 Å². The van der Waals surface area contributed by atoms with Gasteiger partial charge in [0.1, 0.15) is 0 Å². The van der Waals surface area contributed by atoms with Crippen molar-refractivity contribution in [2.75, 3.05) is 6.54 Å². The van der Waals surface area contributed by atoms with Gasteiger partial charge in [0, 0.05) is 15.5 Å². The summed E-state index contributed by atoms with van der Waals surface area (Å²) in [7, 11) is 0. The van der Waals surface area contributed by atoms with E-state index in [1.165, 1.54) is 11.1 Å². The van der Waals surface area contributed by atoms with Gasteiger partial charge in [0.25, 0.3) is 0 Å². The van der Waals surface area contributed by atoms with Crippen molar-refractivity contribution in [2.45, 2.75) is 32.2 Å². The smallest absolute Gasteiger partial charge is 0.0449 e. The normalized spacial score (nSPS) is 12.3. The number of benzene rings is 2. The quantitative estimate of drug-likeness (QED) is 0.655. The molecule has 3 heteroatoms. The Labute approximate surface area is 140 Å². The fourth-order valence-electron chi connectivity index (χ4n) is 2.54. The molecule has 21 heavy (non-hydrogen) atoms. The van der Waals surface area contributed by atoms with Gasteiger partial charge < -0.3 is 5.32 Å². The van der Waals surface area contributed by atoms with Crippen LogP contribution in [0, 0.1) is 0 Å². The lowest BCUT2D eigenvalue weighted by Crippen LogP contribution is -2.20. The van der Waals surface area contributed by atoms with Gasteiger partial charge in [-0.2, -0.15) is 0 Å². The number of hydrogen-bond donors (Lipinski definition) is 1. The topological polar surface area (TPSA) is 12.0 Å². The first-order valence-electron chi connectivity index (χ1n) is 7.43. The van der Waals surface area contributed by atoms with Gasteiger partial charge in [-0.15, -0.1) is 0 Å². The monoisotopic (exact) mass is 365 g/mol. The molecule has 2 rings (SSSR count). The van der Waals surface area contributed by atoms with Crippen molar-refractivity contribution in [2.24, 2.45) is 0 Å². The number of nitrogens with one attached hydrogen (secondary N) is 1. The van der Waals surface area contributed by atoms with Crippen molar-refractivity contribution in [1.82, 2.24) is 5.32 Å². The molecule has 1 nitrogen and oxygen atoms in total. The minimum absolute atomic E-state index is 0.422. The molecule has 0 aliphatic carbocycles. The first-order valence-corrected chi connectivity index (χ1v) is 8.60. The highest BCUT2D eigenvalue weighted by Crippen LogP contribution is 2.25. The molecule has 0 fully saturated rings. The molecule has 112 valence electrons. The molecule has 0 bridgehead atoms. The average molecular weight is 367 g/mol. The van der Waals surface area contributed by atoms with E-state index in [0.29, 0.717) is 6.04 Å². The Bertz CT molecular complexity index is 556. The lowest BCUT2D eigenvalue weighted by atomic mass is 9.99. The van der Waals surface area contributed by atoms with Gasteiger partial charge in [-0.05, 0) is 49.1 Å². The molecule has 0 spiro atoms. The first-order chi connectivity index (χ1) is 10.2. The highest BCUT2D eigenvalue weighted by molar-refractivity contribution is 9.10. The Kier molecular flexibility index (Phi) is 6.75. The average Bonchev–Trinajstić information content (AvgIpc) is 2.49. The van der Waals surface area contributed by atoms with Crippen LogP contribution in [0.1, 0.15) is 36.9 Å². The molecule has 1 unspecified atom stereocenters. The molecule has 0 heterocycles. The molecule has 0 aliphatic heterocycles. The Morgan fingerprint density at radius 1 is 1.14 bits per heavy atom. The third kappa shape index (κ3) is 5.14. The van der Waals surface area contributed by atoms with Crippen LogP contribution in [0.2, 0.25) is 5.02 Å². The van der Waals surface area contributed by atoms with E-state index in [2.05, 4.69) is 70.6 Å². The van der Waals surface area contributed by atoms with Crippen LogP contribution in [-0.2, 0) is 6.42 Å². The number of aryl methyl sites for hydroxylation is 1. The summed E-state index contributed by atoms with van der Waals surface area (Å²) in [4.78, 5) is 0. The maximum absolute atomic E-state index is 6.28. The summed E-state index contributed by atoms with van der Waals surface area (Å²) in [6.45, 7) is 3.14. The van der Waals surface area contributed by atoms with Crippen LogP contribution in [-0.4, -0.2) is 6.54 Å². The van der Waals surface area contributed by atoms with Gasteiger partial charge in [0.05, 0.1) is 0 Å².